The first-order chi connectivity index (χ1) is 9.06. The van der Waals surface area contributed by atoms with Crippen molar-refractivity contribution in [3.8, 4) is 0 Å². The second-order valence-corrected chi connectivity index (χ2v) is 4.19. The standard InChI is InChI=1S/C14H14N2O3.2HI/c1-15-7-3-5-11(9-15)13(17)19-14(18)12-6-4-8-16(2)10-12;;/h3-10H,1-2H3;2*1H/q+2;;/p-2. The van der Waals surface area contributed by atoms with Crippen molar-refractivity contribution in [2.24, 2.45) is 14.1 Å². The Bertz CT molecular complexity index is 592. The molecule has 2 aromatic heterocycles. The lowest BCUT2D eigenvalue weighted by Crippen LogP contribution is -3.00. The summed E-state index contributed by atoms with van der Waals surface area (Å²) in [6.45, 7) is 0. The molecule has 0 saturated carbocycles. The molecule has 0 radical (unpaired) electrons. The smallest absolute Gasteiger partial charge is 0.352 e. The monoisotopic (exact) mass is 512 g/mol. The van der Waals surface area contributed by atoms with Crippen molar-refractivity contribution < 1.29 is 71.4 Å². The van der Waals surface area contributed by atoms with Crippen molar-refractivity contribution in [1.29, 1.82) is 0 Å². The van der Waals surface area contributed by atoms with Gasteiger partial charge in [0.05, 0.1) is 0 Å². The first-order valence-electron chi connectivity index (χ1n) is 5.73. The Hall–Kier alpha value is -1.10. The van der Waals surface area contributed by atoms with Crippen LogP contribution in [-0.2, 0) is 18.8 Å². The van der Waals surface area contributed by atoms with Crippen molar-refractivity contribution in [3.63, 3.8) is 0 Å². The molecule has 21 heavy (non-hydrogen) atoms. The summed E-state index contributed by atoms with van der Waals surface area (Å²) in [5.41, 5.74) is 0.664. The van der Waals surface area contributed by atoms with Gasteiger partial charge >= 0.3 is 11.9 Å². The molecule has 5 nitrogen and oxygen atoms in total. The molecular formula is C14H14I2N2O3. The van der Waals surface area contributed by atoms with Crippen molar-refractivity contribution >= 4 is 11.9 Å². The maximum Gasteiger partial charge on any atom is 0.352 e. The van der Waals surface area contributed by atoms with Gasteiger partial charge in [-0.2, -0.15) is 0 Å². The van der Waals surface area contributed by atoms with Gasteiger partial charge in [0.15, 0.2) is 24.8 Å². The third-order valence-electron chi connectivity index (χ3n) is 2.54. The van der Waals surface area contributed by atoms with E-state index < -0.39 is 11.9 Å². The Kier molecular flexibility index (Phi) is 8.55. The summed E-state index contributed by atoms with van der Waals surface area (Å²) >= 11 is 0. The molecule has 0 aliphatic carbocycles. The van der Waals surface area contributed by atoms with Crippen LogP contribution in [0.3, 0.4) is 0 Å². The second kappa shape index (κ2) is 9.03. The fraction of sp³-hybridized carbons (Fsp3) is 0.143. The maximum atomic E-state index is 11.8. The largest absolute Gasteiger partial charge is 1.00 e. The van der Waals surface area contributed by atoms with Crippen molar-refractivity contribution in [2.75, 3.05) is 0 Å². The van der Waals surface area contributed by atoms with Crippen LogP contribution in [0.15, 0.2) is 49.1 Å². The lowest BCUT2D eigenvalue weighted by molar-refractivity contribution is -0.671. The number of aryl methyl sites for hydroxylation is 2. The van der Waals surface area contributed by atoms with E-state index >= 15 is 0 Å². The topological polar surface area (TPSA) is 51.1 Å². The molecule has 0 bridgehead atoms. The van der Waals surface area contributed by atoms with E-state index in [1.165, 1.54) is 0 Å². The summed E-state index contributed by atoms with van der Waals surface area (Å²) in [4.78, 5) is 23.6. The van der Waals surface area contributed by atoms with Gasteiger partial charge in [-0.05, 0) is 12.1 Å². The molecule has 0 fully saturated rings. The van der Waals surface area contributed by atoms with Crippen LogP contribution in [0.25, 0.3) is 0 Å². The summed E-state index contributed by atoms with van der Waals surface area (Å²) in [6.07, 6.45) is 6.77. The molecule has 7 heteroatoms. The van der Waals surface area contributed by atoms with E-state index in [2.05, 4.69) is 0 Å². The van der Waals surface area contributed by atoms with Crippen LogP contribution in [-0.4, -0.2) is 11.9 Å². The van der Waals surface area contributed by atoms with Gasteiger partial charge in [-0.1, -0.05) is 0 Å². The van der Waals surface area contributed by atoms with Gasteiger partial charge in [0, 0.05) is 12.1 Å². The molecule has 2 heterocycles. The summed E-state index contributed by atoms with van der Waals surface area (Å²) in [6, 6.07) is 6.62. The average molecular weight is 512 g/mol. The van der Waals surface area contributed by atoms with Crippen LogP contribution in [0.5, 0.6) is 0 Å². The first kappa shape index (κ1) is 19.9. The predicted octanol–water partition coefficient (Wildman–Crippen LogP) is -5.66. The van der Waals surface area contributed by atoms with E-state index in [4.69, 9.17) is 4.74 Å². The van der Waals surface area contributed by atoms with E-state index in [0.717, 1.165) is 0 Å². The Morgan fingerprint density at radius 2 is 1.24 bits per heavy atom. The summed E-state index contributed by atoms with van der Waals surface area (Å²) in [5, 5.41) is 0. The van der Waals surface area contributed by atoms with Crippen LogP contribution in [0.2, 0.25) is 0 Å². The third kappa shape index (κ3) is 5.65. The molecule has 0 aliphatic heterocycles. The molecule has 0 aromatic carbocycles. The number of esters is 2. The summed E-state index contributed by atoms with van der Waals surface area (Å²) in [5.74, 6) is -1.32. The number of rotatable bonds is 2. The van der Waals surface area contributed by atoms with Crippen molar-refractivity contribution in [1.82, 2.24) is 0 Å². The molecule has 0 saturated heterocycles. The van der Waals surface area contributed by atoms with Crippen molar-refractivity contribution in [2.45, 2.75) is 0 Å². The molecule has 0 amide bonds. The molecule has 0 atom stereocenters. The number of hydrogen-bond acceptors (Lipinski definition) is 3. The zero-order valence-electron chi connectivity index (χ0n) is 11.5. The SMILES string of the molecule is C[n+]1cccc(C(=O)OC(=O)c2ccc[n+](C)c2)c1.[I-].[I-]. The molecule has 2 aromatic rings. The fourth-order valence-electron chi connectivity index (χ4n) is 1.62. The third-order valence-corrected chi connectivity index (χ3v) is 2.54. The number of ether oxygens (including phenoxy) is 1. The Morgan fingerprint density at radius 3 is 1.57 bits per heavy atom. The van der Waals surface area contributed by atoms with Crippen LogP contribution in [0.4, 0.5) is 0 Å². The lowest BCUT2D eigenvalue weighted by atomic mass is 10.2. The predicted molar refractivity (Wildman–Crippen MR) is 65.0 cm³/mol. The van der Waals surface area contributed by atoms with Crippen LogP contribution < -0.4 is 57.1 Å². The molecule has 112 valence electrons. The van der Waals surface area contributed by atoms with Gasteiger partial charge in [-0.25, -0.2) is 18.7 Å². The quantitative estimate of drug-likeness (QED) is 0.175. The normalized spacial score (nSPS) is 9.05. The molecule has 0 unspecified atom stereocenters. The minimum absolute atomic E-state index is 0. The van der Waals surface area contributed by atoms with E-state index in [9.17, 15) is 9.59 Å². The molecule has 2 rings (SSSR count). The maximum absolute atomic E-state index is 11.8. The highest BCUT2D eigenvalue weighted by molar-refractivity contribution is 6.02. The Morgan fingerprint density at radius 1 is 0.857 bits per heavy atom. The average Bonchev–Trinajstić information content (AvgIpc) is 2.38. The summed E-state index contributed by atoms with van der Waals surface area (Å²) < 4.78 is 8.25. The van der Waals surface area contributed by atoms with Gasteiger partial charge in [0.25, 0.3) is 0 Å². The van der Waals surface area contributed by atoms with Gasteiger partial charge < -0.3 is 52.7 Å². The molecule has 0 aliphatic rings. The molecule has 0 spiro atoms. The van der Waals surface area contributed by atoms with E-state index in [1.807, 2.05) is 0 Å². The minimum atomic E-state index is -0.660. The number of aromatic nitrogens is 2. The highest BCUT2D eigenvalue weighted by Gasteiger charge is 2.18. The van der Waals surface area contributed by atoms with Crippen LogP contribution in [0, 0.1) is 0 Å². The van der Waals surface area contributed by atoms with Gasteiger partial charge in [-0.15, -0.1) is 0 Å². The summed E-state index contributed by atoms with van der Waals surface area (Å²) in [7, 11) is 3.57. The first-order valence-corrected chi connectivity index (χ1v) is 5.73. The van der Waals surface area contributed by atoms with E-state index in [-0.39, 0.29) is 48.0 Å². The molecular weight excluding hydrogens is 498 g/mol. The van der Waals surface area contributed by atoms with E-state index in [1.54, 1.807) is 72.3 Å². The zero-order chi connectivity index (χ0) is 13.8. The number of nitrogens with zero attached hydrogens (tertiary/aromatic N) is 2. The highest BCUT2D eigenvalue weighted by atomic mass is 127. The van der Waals surface area contributed by atoms with Crippen molar-refractivity contribution in [3.05, 3.63) is 60.2 Å². The molecule has 0 N–H and O–H groups in total. The minimum Gasteiger partial charge on any atom is -1.00 e. The highest BCUT2D eigenvalue weighted by Crippen LogP contribution is 2.03. The lowest BCUT2D eigenvalue weighted by Gasteiger charge is -2.01. The number of carbonyl (C=O) groups excluding carboxylic acids is 2. The van der Waals surface area contributed by atoms with Gasteiger partial charge in [-0.3, -0.25) is 0 Å². The number of hydrogen-bond donors (Lipinski definition) is 0. The van der Waals surface area contributed by atoms with E-state index in [0.29, 0.717) is 11.1 Å². The number of halogens is 2. The number of carbonyl (C=O) groups is 2. The van der Waals surface area contributed by atoms with Gasteiger partial charge in [0.1, 0.15) is 25.2 Å². The fourth-order valence-corrected chi connectivity index (χ4v) is 1.62. The van der Waals surface area contributed by atoms with Crippen LogP contribution in [0.1, 0.15) is 20.7 Å². The number of pyridine rings is 2. The zero-order valence-corrected chi connectivity index (χ0v) is 15.8. The van der Waals surface area contributed by atoms with Crippen LogP contribution >= 0.6 is 0 Å². The van der Waals surface area contributed by atoms with Gasteiger partial charge in [0.2, 0.25) is 0 Å². The Labute approximate surface area is 157 Å². The second-order valence-electron chi connectivity index (χ2n) is 4.19. The Balaban J connectivity index is 0.00000200.